The lowest BCUT2D eigenvalue weighted by atomic mass is 9.76. The molecule has 1 aromatic heterocycles. The molecule has 11 heteroatoms. The number of carbonyl (C=O) groups excluding carboxylic acids is 4. The van der Waals surface area contributed by atoms with E-state index in [1.807, 2.05) is 0 Å². The maximum atomic E-state index is 13.2. The number of hydrogen-bond acceptors (Lipinski definition) is 8. The molecule has 3 aromatic carbocycles. The van der Waals surface area contributed by atoms with Crippen LogP contribution in [0.4, 0.5) is 11.4 Å². The molecule has 0 bridgehead atoms. The van der Waals surface area contributed by atoms with Crippen LogP contribution in [0.3, 0.4) is 0 Å². The SMILES string of the molecule is CC1CCC2C(=O)N(c3ccc(-c4cc(C(=O)OCC(=O)c5ccc(Cl)c([N+](=O)[O-])c5)c5ccccc5n4)cc3)C(=O)C2C1. The number of hydrogen-bond donors (Lipinski definition) is 0. The number of anilines is 1. The van der Waals surface area contributed by atoms with Crippen LogP contribution in [0.2, 0.25) is 5.02 Å². The minimum absolute atomic E-state index is 0.0157. The number of pyridine rings is 1. The Morgan fingerprint density at radius 1 is 1.00 bits per heavy atom. The maximum absolute atomic E-state index is 13.2. The maximum Gasteiger partial charge on any atom is 0.339 e. The summed E-state index contributed by atoms with van der Waals surface area (Å²) >= 11 is 5.83. The number of carbonyl (C=O) groups is 4. The number of fused-ring (bicyclic) bond motifs is 2. The minimum Gasteiger partial charge on any atom is -0.454 e. The molecule has 1 aliphatic heterocycles. The lowest BCUT2D eigenvalue weighted by molar-refractivity contribution is -0.384. The second kappa shape index (κ2) is 11.6. The minimum atomic E-state index is -0.775. The van der Waals surface area contributed by atoms with Crippen molar-refractivity contribution in [3.63, 3.8) is 0 Å². The van der Waals surface area contributed by atoms with Crippen molar-refractivity contribution in [2.45, 2.75) is 26.2 Å². The number of nitrogens with zero attached hydrogens (tertiary/aromatic N) is 3. The third-order valence-corrected chi connectivity index (χ3v) is 8.66. The third kappa shape index (κ3) is 5.33. The fraction of sp³-hybridized carbons (Fsp3) is 0.242. The molecule has 4 aromatic rings. The summed E-state index contributed by atoms with van der Waals surface area (Å²) in [6, 6.07) is 19.0. The van der Waals surface area contributed by atoms with Gasteiger partial charge in [-0.2, -0.15) is 0 Å². The predicted octanol–water partition coefficient (Wildman–Crippen LogP) is 6.43. The number of rotatable bonds is 7. The summed E-state index contributed by atoms with van der Waals surface area (Å²) in [6.07, 6.45) is 2.37. The second-order valence-corrected chi connectivity index (χ2v) is 11.6. The van der Waals surface area contributed by atoms with Crippen molar-refractivity contribution in [1.82, 2.24) is 4.98 Å². The number of nitro groups is 1. The van der Waals surface area contributed by atoms with E-state index in [-0.39, 0.29) is 39.8 Å². The molecule has 222 valence electrons. The van der Waals surface area contributed by atoms with Gasteiger partial charge in [0, 0.05) is 22.6 Å². The first kappa shape index (κ1) is 29.1. The Balaban J connectivity index is 1.24. The van der Waals surface area contributed by atoms with Gasteiger partial charge in [0.2, 0.25) is 17.6 Å². The van der Waals surface area contributed by atoms with Gasteiger partial charge in [0.1, 0.15) is 5.02 Å². The number of imide groups is 1. The molecule has 1 saturated carbocycles. The summed E-state index contributed by atoms with van der Waals surface area (Å²) < 4.78 is 5.34. The molecule has 1 aliphatic carbocycles. The van der Waals surface area contributed by atoms with Crippen LogP contribution in [-0.2, 0) is 14.3 Å². The Bertz CT molecular complexity index is 1860. The summed E-state index contributed by atoms with van der Waals surface area (Å²) in [5, 5.41) is 11.6. The smallest absolute Gasteiger partial charge is 0.339 e. The largest absolute Gasteiger partial charge is 0.454 e. The lowest BCUT2D eigenvalue weighted by Gasteiger charge is -2.25. The van der Waals surface area contributed by atoms with Crippen molar-refractivity contribution in [2.75, 3.05) is 11.5 Å². The highest BCUT2D eigenvalue weighted by Gasteiger charge is 2.49. The third-order valence-electron chi connectivity index (χ3n) is 8.34. The number of halogens is 1. The topological polar surface area (TPSA) is 137 Å². The van der Waals surface area contributed by atoms with Crippen molar-refractivity contribution in [3.8, 4) is 11.3 Å². The van der Waals surface area contributed by atoms with Crippen molar-refractivity contribution < 1.29 is 28.8 Å². The number of para-hydroxylation sites is 1. The van der Waals surface area contributed by atoms with Crippen LogP contribution in [-0.4, -0.2) is 40.1 Å². The number of benzene rings is 3. The van der Waals surface area contributed by atoms with Crippen molar-refractivity contribution in [2.24, 2.45) is 17.8 Å². The van der Waals surface area contributed by atoms with E-state index in [4.69, 9.17) is 21.3 Å². The van der Waals surface area contributed by atoms with E-state index in [0.29, 0.717) is 33.8 Å². The summed E-state index contributed by atoms with van der Waals surface area (Å²) in [7, 11) is 0. The molecule has 0 N–H and O–H groups in total. The normalized spacial score (nSPS) is 19.6. The average Bonchev–Trinajstić information content (AvgIpc) is 3.27. The van der Waals surface area contributed by atoms with Crippen molar-refractivity contribution >= 4 is 57.4 Å². The summed E-state index contributed by atoms with van der Waals surface area (Å²) in [6.45, 7) is 1.47. The number of aromatic nitrogens is 1. The number of nitro benzene ring substituents is 1. The zero-order valence-electron chi connectivity index (χ0n) is 23.6. The molecule has 1 saturated heterocycles. The first-order valence-electron chi connectivity index (χ1n) is 14.1. The Kier molecular flexibility index (Phi) is 7.69. The molecule has 2 heterocycles. The van der Waals surface area contributed by atoms with Crippen molar-refractivity contribution in [1.29, 1.82) is 0 Å². The lowest BCUT2D eigenvalue weighted by Crippen LogP contribution is -2.30. The van der Waals surface area contributed by atoms with Crippen LogP contribution in [0.5, 0.6) is 0 Å². The van der Waals surface area contributed by atoms with E-state index < -0.39 is 29.0 Å². The van der Waals surface area contributed by atoms with Gasteiger partial charge in [-0.15, -0.1) is 0 Å². The van der Waals surface area contributed by atoms with E-state index >= 15 is 0 Å². The van der Waals surface area contributed by atoms with Gasteiger partial charge in [-0.25, -0.2) is 9.78 Å². The van der Waals surface area contributed by atoms with E-state index in [1.165, 1.54) is 17.0 Å². The van der Waals surface area contributed by atoms with E-state index in [0.717, 1.165) is 25.3 Å². The van der Waals surface area contributed by atoms with Crippen molar-refractivity contribution in [3.05, 3.63) is 99.1 Å². The monoisotopic (exact) mass is 611 g/mol. The molecular formula is C33H26ClN3O7. The standard InChI is InChI=1S/C33H26ClN3O7/c1-18-6-12-23-24(14-18)32(40)36(31(23)39)21-10-7-19(8-11-21)28-16-25(22-4-2-3-5-27(22)35-28)33(41)44-17-30(38)20-9-13-26(34)29(15-20)37(42)43/h2-5,7-11,13,15-16,18,23-24H,6,12,14,17H2,1H3. The average molecular weight is 612 g/mol. The molecule has 2 amide bonds. The number of esters is 1. The quantitative estimate of drug-likeness (QED) is 0.0766. The number of ether oxygens (including phenoxy) is 1. The highest BCUT2D eigenvalue weighted by molar-refractivity contribution is 6.32. The summed E-state index contributed by atoms with van der Waals surface area (Å²) in [5.74, 6) is -1.85. The molecule has 2 fully saturated rings. The van der Waals surface area contributed by atoms with Gasteiger partial charge >= 0.3 is 5.97 Å². The molecule has 44 heavy (non-hydrogen) atoms. The van der Waals surface area contributed by atoms with Gasteiger partial charge in [-0.1, -0.05) is 48.9 Å². The van der Waals surface area contributed by atoms with E-state index in [2.05, 4.69) is 6.92 Å². The molecule has 2 aliphatic rings. The summed E-state index contributed by atoms with van der Waals surface area (Å²) in [5.41, 5.74) is 1.83. The summed E-state index contributed by atoms with van der Waals surface area (Å²) in [4.78, 5) is 68.7. The number of amides is 2. The molecule has 10 nitrogen and oxygen atoms in total. The predicted molar refractivity (Wildman–Crippen MR) is 162 cm³/mol. The Morgan fingerprint density at radius 3 is 2.48 bits per heavy atom. The number of ketones is 1. The van der Waals surface area contributed by atoms with Gasteiger partial charge in [0.15, 0.2) is 6.61 Å². The molecule has 3 unspecified atom stereocenters. The Labute approximate surface area is 256 Å². The van der Waals surface area contributed by atoms with Gasteiger partial charge in [-0.3, -0.25) is 29.4 Å². The zero-order valence-corrected chi connectivity index (χ0v) is 24.3. The molecule has 0 spiro atoms. The van der Waals surface area contributed by atoms with E-state index in [9.17, 15) is 29.3 Å². The molecule has 3 atom stereocenters. The first-order valence-corrected chi connectivity index (χ1v) is 14.5. The van der Waals surface area contributed by atoms with Crippen LogP contribution in [0.25, 0.3) is 22.2 Å². The van der Waals surface area contributed by atoms with Crippen LogP contribution in [0.1, 0.15) is 46.9 Å². The number of Topliss-reactive ketones (excluding diaryl/α,β-unsaturated/α-hetero) is 1. The van der Waals surface area contributed by atoms with Crippen LogP contribution in [0.15, 0.2) is 72.8 Å². The van der Waals surface area contributed by atoms with Crippen LogP contribution < -0.4 is 4.90 Å². The molecular weight excluding hydrogens is 586 g/mol. The van der Waals surface area contributed by atoms with Crippen LogP contribution >= 0.6 is 11.6 Å². The van der Waals surface area contributed by atoms with Gasteiger partial charge in [0.25, 0.3) is 5.69 Å². The second-order valence-electron chi connectivity index (χ2n) is 11.2. The van der Waals surface area contributed by atoms with Gasteiger partial charge in [0.05, 0.1) is 39.2 Å². The fourth-order valence-corrected chi connectivity index (χ4v) is 6.22. The highest BCUT2D eigenvalue weighted by atomic mass is 35.5. The zero-order chi connectivity index (χ0) is 31.1. The van der Waals surface area contributed by atoms with Crippen LogP contribution in [0, 0.1) is 27.9 Å². The molecule has 0 radical (unpaired) electrons. The van der Waals surface area contributed by atoms with E-state index in [1.54, 1.807) is 54.6 Å². The Hall–Kier alpha value is -4.96. The van der Waals surface area contributed by atoms with Gasteiger partial charge < -0.3 is 4.74 Å². The molecule has 6 rings (SSSR count). The van der Waals surface area contributed by atoms with Gasteiger partial charge in [-0.05, 0) is 61.6 Å². The fourth-order valence-electron chi connectivity index (χ4n) is 6.04. The highest BCUT2D eigenvalue weighted by Crippen LogP contribution is 2.42. The Morgan fingerprint density at radius 2 is 1.73 bits per heavy atom. The first-order chi connectivity index (χ1) is 21.1.